The van der Waals surface area contributed by atoms with E-state index in [0.717, 1.165) is 38.5 Å². The van der Waals surface area contributed by atoms with Crippen LogP contribution in [-0.4, -0.2) is 105 Å². The average Bonchev–Trinajstić information content (AvgIpc) is 2.79. The molecule has 0 radical (unpaired) electrons. The molecule has 200 valence electrons. The zero-order chi connectivity index (χ0) is 25.3. The van der Waals surface area contributed by atoms with Crippen LogP contribution in [0, 0.1) is 0 Å². The Kier molecular flexibility index (Phi) is 12.6. The van der Waals surface area contributed by atoms with Crippen LogP contribution in [0.15, 0.2) is 0 Å². The number of aliphatic hydroxyl groups is 6. The highest BCUT2D eigenvalue weighted by atomic mass is 16.7. The zero-order valence-electron chi connectivity index (χ0n) is 20.1. The summed E-state index contributed by atoms with van der Waals surface area (Å²) in [5.74, 6) is -0.579. The van der Waals surface area contributed by atoms with Gasteiger partial charge in [-0.2, -0.15) is 0 Å². The van der Waals surface area contributed by atoms with Crippen molar-refractivity contribution in [3.63, 3.8) is 0 Å². The predicted molar refractivity (Wildman–Crippen MR) is 118 cm³/mol. The van der Waals surface area contributed by atoms with Crippen molar-refractivity contribution < 1.29 is 54.4 Å². The summed E-state index contributed by atoms with van der Waals surface area (Å²) in [6.45, 7) is 3.11. The lowest BCUT2D eigenvalue weighted by Crippen LogP contribution is -2.59. The Labute approximate surface area is 200 Å². The largest absolute Gasteiger partial charge is 0.433 e. The number of carbonyl (C=O) groups excluding carboxylic acids is 1. The molecule has 0 bridgehead atoms. The van der Waals surface area contributed by atoms with Gasteiger partial charge in [0.1, 0.15) is 30.5 Å². The molecule has 2 fully saturated rings. The summed E-state index contributed by atoms with van der Waals surface area (Å²) in [7, 11) is 0. The van der Waals surface area contributed by atoms with Gasteiger partial charge in [0, 0.05) is 12.8 Å². The molecule has 11 heteroatoms. The quantitative estimate of drug-likeness (QED) is 0.147. The maximum atomic E-state index is 12.0. The molecule has 2 aliphatic heterocycles. The van der Waals surface area contributed by atoms with E-state index in [-0.39, 0.29) is 25.0 Å². The highest BCUT2D eigenvalue weighted by Crippen LogP contribution is 2.24. The van der Waals surface area contributed by atoms with E-state index in [1.54, 1.807) is 6.92 Å². The van der Waals surface area contributed by atoms with Gasteiger partial charge < -0.3 is 49.6 Å². The van der Waals surface area contributed by atoms with Crippen LogP contribution >= 0.6 is 0 Å². The number of rotatable bonds is 13. The number of esters is 1. The van der Waals surface area contributed by atoms with Crippen molar-refractivity contribution in [3.05, 3.63) is 0 Å². The molecule has 2 saturated heterocycles. The van der Waals surface area contributed by atoms with Gasteiger partial charge in [-0.25, -0.2) is 0 Å². The third kappa shape index (κ3) is 8.96. The molecule has 0 aromatic heterocycles. The SMILES string of the molecule is C[C@H](CCCCCCCCC(=O)O[C@@H]1O[C@H](CO)[C@@H](O)[C@H](O)[C@H]1O)O[C@@H]1O[C@@H](C)[C@H](O)C[C@H]1O. The predicted octanol–water partition coefficient (Wildman–Crippen LogP) is -0.288. The van der Waals surface area contributed by atoms with Crippen LogP contribution in [0.2, 0.25) is 0 Å². The van der Waals surface area contributed by atoms with Gasteiger partial charge in [-0.05, 0) is 26.7 Å². The molecule has 11 nitrogen and oxygen atoms in total. The first-order chi connectivity index (χ1) is 16.1. The van der Waals surface area contributed by atoms with Gasteiger partial charge in [0.05, 0.1) is 24.9 Å². The second-order valence-corrected chi connectivity index (χ2v) is 9.37. The molecular formula is C23H42O11. The summed E-state index contributed by atoms with van der Waals surface area (Å²) >= 11 is 0. The zero-order valence-corrected chi connectivity index (χ0v) is 20.1. The van der Waals surface area contributed by atoms with Crippen LogP contribution in [0.25, 0.3) is 0 Å². The van der Waals surface area contributed by atoms with Crippen molar-refractivity contribution in [2.75, 3.05) is 6.61 Å². The van der Waals surface area contributed by atoms with Crippen LogP contribution in [0.3, 0.4) is 0 Å². The van der Waals surface area contributed by atoms with E-state index in [4.69, 9.17) is 24.1 Å². The second kappa shape index (κ2) is 14.6. The number of aliphatic hydroxyl groups excluding tert-OH is 6. The molecule has 0 aromatic rings. The Morgan fingerprint density at radius 1 is 0.882 bits per heavy atom. The second-order valence-electron chi connectivity index (χ2n) is 9.37. The lowest BCUT2D eigenvalue weighted by atomic mass is 9.99. The number of ether oxygens (including phenoxy) is 4. The van der Waals surface area contributed by atoms with E-state index < -0.39 is 61.8 Å². The number of carbonyl (C=O) groups is 1. The first-order valence-corrected chi connectivity index (χ1v) is 12.3. The minimum absolute atomic E-state index is 0.0701. The monoisotopic (exact) mass is 494 g/mol. The fourth-order valence-electron chi connectivity index (χ4n) is 4.12. The van der Waals surface area contributed by atoms with Crippen LogP contribution < -0.4 is 0 Å². The average molecular weight is 495 g/mol. The summed E-state index contributed by atoms with van der Waals surface area (Å²) < 4.78 is 21.5. The molecule has 0 unspecified atom stereocenters. The smallest absolute Gasteiger partial charge is 0.308 e. The summed E-state index contributed by atoms with van der Waals surface area (Å²) in [6.07, 6.45) is -3.29. The normalized spacial score (nSPS) is 37.4. The molecule has 0 aliphatic carbocycles. The Balaban J connectivity index is 1.50. The van der Waals surface area contributed by atoms with Crippen molar-refractivity contribution in [2.24, 2.45) is 0 Å². The summed E-state index contributed by atoms with van der Waals surface area (Å²) in [6, 6.07) is 0. The highest BCUT2D eigenvalue weighted by molar-refractivity contribution is 5.69. The van der Waals surface area contributed by atoms with E-state index in [0.29, 0.717) is 6.42 Å². The first-order valence-electron chi connectivity index (χ1n) is 12.3. The van der Waals surface area contributed by atoms with Gasteiger partial charge in [-0.3, -0.25) is 4.79 Å². The molecule has 0 aromatic carbocycles. The number of hydrogen-bond acceptors (Lipinski definition) is 11. The van der Waals surface area contributed by atoms with Crippen molar-refractivity contribution in [2.45, 2.75) is 133 Å². The van der Waals surface area contributed by atoms with Crippen molar-refractivity contribution in [1.82, 2.24) is 0 Å². The summed E-state index contributed by atoms with van der Waals surface area (Å²) in [5.41, 5.74) is 0. The molecule has 6 N–H and O–H groups in total. The molecule has 0 saturated carbocycles. The fraction of sp³-hybridized carbons (Fsp3) is 0.957. The van der Waals surface area contributed by atoms with E-state index in [1.807, 2.05) is 6.92 Å². The third-order valence-electron chi connectivity index (χ3n) is 6.39. The summed E-state index contributed by atoms with van der Waals surface area (Å²) in [5, 5.41) is 58.2. The molecular weight excluding hydrogens is 452 g/mol. The van der Waals surface area contributed by atoms with E-state index >= 15 is 0 Å². The lowest BCUT2D eigenvalue weighted by molar-refractivity contribution is -0.292. The molecule has 2 aliphatic rings. The third-order valence-corrected chi connectivity index (χ3v) is 6.39. The van der Waals surface area contributed by atoms with Crippen molar-refractivity contribution >= 4 is 5.97 Å². The Bertz CT molecular complexity index is 589. The molecule has 2 rings (SSSR count). The van der Waals surface area contributed by atoms with Gasteiger partial charge in [0.2, 0.25) is 6.29 Å². The Hall–Kier alpha value is -0.890. The number of hydrogen-bond donors (Lipinski definition) is 6. The van der Waals surface area contributed by atoms with Gasteiger partial charge in [0.25, 0.3) is 0 Å². The molecule has 0 spiro atoms. The van der Waals surface area contributed by atoms with Crippen LogP contribution in [0.5, 0.6) is 0 Å². The minimum Gasteiger partial charge on any atom is -0.433 e. The Morgan fingerprint density at radius 2 is 1.53 bits per heavy atom. The number of unbranched alkanes of at least 4 members (excludes halogenated alkanes) is 5. The van der Waals surface area contributed by atoms with Gasteiger partial charge >= 0.3 is 5.97 Å². The maximum absolute atomic E-state index is 12.0. The van der Waals surface area contributed by atoms with Crippen molar-refractivity contribution in [1.29, 1.82) is 0 Å². The van der Waals surface area contributed by atoms with E-state index in [1.165, 1.54) is 0 Å². The first kappa shape index (κ1) is 29.3. The lowest BCUT2D eigenvalue weighted by Gasteiger charge is -2.39. The molecule has 2 heterocycles. The molecule has 0 amide bonds. The minimum atomic E-state index is -1.59. The van der Waals surface area contributed by atoms with Crippen LogP contribution in [0.4, 0.5) is 0 Å². The van der Waals surface area contributed by atoms with Crippen LogP contribution in [0.1, 0.15) is 71.6 Å². The van der Waals surface area contributed by atoms with Gasteiger partial charge in [-0.15, -0.1) is 0 Å². The Morgan fingerprint density at radius 3 is 2.21 bits per heavy atom. The fourth-order valence-corrected chi connectivity index (χ4v) is 4.12. The maximum Gasteiger partial charge on any atom is 0.308 e. The topological polar surface area (TPSA) is 175 Å². The standard InChI is InChI=1S/C23H42O11/c1-13(31-22-16(26)11-15(25)14(2)32-22)9-7-5-3-4-6-8-10-18(27)34-23-21(30)20(29)19(28)17(12-24)33-23/h13-17,19-26,28-30H,3-12H2,1-2H3/t13-,14+,15-,16-,17-,19-,20+,21-,22-,23+/m1/s1. The van der Waals surface area contributed by atoms with Crippen molar-refractivity contribution in [3.8, 4) is 0 Å². The van der Waals surface area contributed by atoms with Gasteiger partial charge in [0.15, 0.2) is 6.29 Å². The molecule has 34 heavy (non-hydrogen) atoms. The van der Waals surface area contributed by atoms with E-state index in [9.17, 15) is 30.3 Å². The highest BCUT2D eigenvalue weighted by Gasteiger charge is 2.45. The molecule has 10 atom stereocenters. The van der Waals surface area contributed by atoms with E-state index in [2.05, 4.69) is 0 Å². The van der Waals surface area contributed by atoms with Crippen LogP contribution in [-0.2, 0) is 23.7 Å². The van der Waals surface area contributed by atoms with Gasteiger partial charge in [-0.1, -0.05) is 32.1 Å². The summed E-state index contributed by atoms with van der Waals surface area (Å²) in [4.78, 5) is 12.0.